The second-order valence-corrected chi connectivity index (χ2v) is 4.83. The number of allylic oxidation sites excluding steroid dienone is 3. The lowest BCUT2D eigenvalue weighted by atomic mass is 9.88. The second kappa shape index (κ2) is 2.75. The van der Waals surface area contributed by atoms with Gasteiger partial charge in [-0.2, -0.15) is 0 Å². The lowest BCUT2D eigenvalue weighted by Crippen LogP contribution is -2.10. The summed E-state index contributed by atoms with van der Waals surface area (Å²) in [6, 6.07) is 0. The molecule has 1 aliphatic heterocycles. The Morgan fingerprint density at radius 3 is 2.64 bits per heavy atom. The van der Waals surface area contributed by atoms with Gasteiger partial charge in [-0.3, -0.25) is 0 Å². The Kier molecular flexibility index (Phi) is 1.89. The van der Waals surface area contributed by atoms with Crippen LogP contribution in [0.25, 0.3) is 0 Å². The summed E-state index contributed by atoms with van der Waals surface area (Å²) in [6.45, 7) is 2.42. The molecule has 1 aliphatic carbocycles. The molecule has 0 bridgehead atoms. The maximum absolute atomic E-state index is 2.42. The van der Waals surface area contributed by atoms with Gasteiger partial charge in [-0.25, -0.2) is 0 Å². The average Bonchev–Trinajstić information content (AvgIpc) is 2.55. The maximum Gasteiger partial charge on any atom is -0.00644 e. The highest BCUT2D eigenvalue weighted by atomic mass is 31.1. The third-order valence-corrected chi connectivity index (χ3v) is 4.17. The van der Waals surface area contributed by atoms with Gasteiger partial charge in [-0.1, -0.05) is 37.7 Å². The highest BCUT2D eigenvalue weighted by molar-refractivity contribution is 7.47. The molecule has 59 valence electrons. The quantitative estimate of drug-likeness (QED) is 0.516. The molecule has 0 nitrogen and oxygen atoms in total. The molecule has 0 spiro atoms. The van der Waals surface area contributed by atoms with Crippen molar-refractivity contribution in [1.82, 2.24) is 0 Å². The molecule has 0 aromatic rings. The molecule has 1 saturated carbocycles. The Hall–Kier alpha value is -0.0900. The molecule has 1 fully saturated rings. The SMILES string of the molecule is CC1(C2=CC=C[P]2)CCCC1. The van der Waals surface area contributed by atoms with Gasteiger partial charge in [0.05, 0.1) is 0 Å². The lowest BCUT2D eigenvalue weighted by molar-refractivity contribution is 0.437. The molecular formula is C10H14P. The van der Waals surface area contributed by atoms with Crippen molar-refractivity contribution in [1.29, 1.82) is 0 Å². The van der Waals surface area contributed by atoms with E-state index < -0.39 is 0 Å². The van der Waals surface area contributed by atoms with Crippen LogP contribution in [0.5, 0.6) is 0 Å². The summed E-state index contributed by atoms with van der Waals surface area (Å²) >= 11 is 0. The Balaban J connectivity index is 2.13. The molecule has 1 heteroatoms. The minimum absolute atomic E-state index is 0.561. The Labute approximate surface area is 70.5 Å². The van der Waals surface area contributed by atoms with Crippen molar-refractivity contribution in [3.8, 4) is 0 Å². The average molecular weight is 165 g/mol. The summed E-state index contributed by atoms with van der Waals surface area (Å²) in [7, 11) is 1.45. The van der Waals surface area contributed by atoms with Crippen LogP contribution in [0, 0.1) is 5.41 Å². The summed E-state index contributed by atoms with van der Waals surface area (Å²) in [6.07, 6.45) is 10.2. The first-order valence-electron chi connectivity index (χ1n) is 4.39. The van der Waals surface area contributed by atoms with E-state index in [4.69, 9.17) is 0 Å². The summed E-state index contributed by atoms with van der Waals surface area (Å²) < 4.78 is 0. The monoisotopic (exact) mass is 165 g/mol. The molecule has 2 rings (SSSR count). The molecule has 0 amide bonds. The smallest absolute Gasteiger partial charge is 0.00644 e. The van der Waals surface area contributed by atoms with Gasteiger partial charge in [0.1, 0.15) is 0 Å². The minimum atomic E-state index is 0.561. The van der Waals surface area contributed by atoms with Gasteiger partial charge in [0.15, 0.2) is 0 Å². The van der Waals surface area contributed by atoms with Crippen LogP contribution in [0.1, 0.15) is 32.6 Å². The molecule has 1 heterocycles. The number of rotatable bonds is 1. The Morgan fingerprint density at radius 2 is 2.09 bits per heavy atom. The minimum Gasteiger partial charge on any atom is -0.0608 e. The molecule has 0 N–H and O–H groups in total. The van der Waals surface area contributed by atoms with Crippen LogP contribution < -0.4 is 0 Å². The first kappa shape index (κ1) is 7.55. The van der Waals surface area contributed by atoms with Crippen LogP contribution in [0.3, 0.4) is 0 Å². The fourth-order valence-electron chi connectivity index (χ4n) is 2.07. The lowest BCUT2D eigenvalue weighted by Gasteiger charge is -2.24. The van der Waals surface area contributed by atoms with Gasteiger partial charge in [0, 0.05) is 0 Å². The highest BCUT2D eigenvalue weighted by Gasteiger charge is 2.32. The van der Waals surface area contributed by atoms with Crippen molar-refractivity contribution >= 4 is 8.58 Å². The first-order valence-corrected chi connectivity index (χ1v) is 5.36. The second-order valence-electron chi connectivity index (χ2n) is 3.79. The van der Waals surface area contributed by atoms with Gasteiger partial charge < -0.3 is 0 Å². The Morgan fingerprint density at radius 1 is 1.36 bits per heavy atom. The molecule has 0 aromatic heterocycles. The largest absolute Gasteiger partial charge is 0.0608 e. The summed E-state index contributed by atoms with van der Waals surface area (Å²) in [5.74, 6) is 2.25. The zero-order valence-electron chi connectivity index (χ0n) is 7.01. The number of hydrogen-bond acceptors (Lipinski definition) is 0. The first-order chi connectivity index (χ1) is 5.31. The summed E-state index contributed by atoms with van der Waals surface area (Å²) in [4.78, 5) is 0. The van der Waals surface area contributed by atoms with Crippen molar-refractivity contribution in [3.05, 3.63) is 23.3 Å². The van der Waals surface area contributed by atoms with Gasteiger partial charge in [-0.15, -0.1) is 0 Å². The molecule has 0 unspecified atom stereocenters. The van der Waals surface area contributed by atoms with E-state index in [-0.39, 0.29) is 0 Å². The van der Waals surface area contributed by atoms with E-state index in [1.54, 1.807) is 5.31 Å². The molecule has 2 aliphatic rings. The van der Waals surface area contributed by atoms with Crippen LogP contribution in [0.15, 0.2) is 23.3 Å². The van der Waals surface area contributed by atoms with Crippen molar-refractivity contribution in [2.75, 3.05) is 0 Å². The molecule has 0 saturated heterocycles. The summed E-state index contributed by atoms with van der Waals surface area (Å²) in [5, 5.41) is 1.65. The molecule has 0 aromatic carbocycles. The van der Waals surface area contributed by atoms with Crippen LogP contribution in [0.4, 0.5) is 0 Å². The standard InChI is InChI=1S/C10H14P/c1-10(6-2-3-7-10)9-5-4-8-11-9/h4-5,8H,2-3,6-7H2,1H3. The molecule has 11 heavy (non-hydrogen) atoms. The van der Waals surface area contributed by atoms with E-state index in [2.05, 4.69) is 24.9 Å². The Bertz CT molecular complexity index is 207. The fourth-order valence-corrected chi connectivity index (χ4v) is 3.11. The zero-order chi connectivity index (χ0) is 7.73. The van der Waals surface area contributed by atoms with E-state index in [0.717, 1.165) is 0 Å². The predicted molar refractivity (Wildman–Crippen MR) is 50.7 cm³/mol. The maximum atomic E-state index is 2.42. The van der Waals surface area contributed by atoms with E-state index in [1.165, 1.54) is 34.3 Å². The van der Waals surface area contributed by atoms with Crippen LogP contribution >= 0.6 is 8.58 Å². The van der Waals surface area contributed by atoms with Crippen molar-refractivity contribution in [2.45, 2.75) is 32.6 Å². The normalized spacial score (nSPS) is 29.7. The fraction of sp³-hybridized carbons (Fsp3) is 0.600. The van der Waals surface area contributed by atoms with Gasteiger partial charge in [-0.05, 0) is 32.2 Å². The van der Waals surface area contributed by atoms with E-state index >= 15 is 0 Å². The predicted octanol–water partition coefficient (Wildman–Crippen LogP) is 3.92. The molecule has 0 atom stereocenters. The van der Waals surface area contributed by atoms with Gasteiger partial charge in [0.25, 0.3) is 0 Å². The highest BCUT2D eigenvalue weighted by Crippen LogP contribution is 2.52. The van der Waals surface area contributed by atoms with E-state index in [1.807, 2.05) is 0 Å². The summed E-state index contributed by atoms with van der Waals surface area (Å²) in [5.41, 5.74) is 0.561. The van der Waals surface area contributed by atoms with Crippen molar-refractivity contribution in [2.24, 2.45) is 5.41 Å². The molecule has 1 radical (unpaired) electrons. The van der Waals surface area contributed by atoms with Crippen LogP contribution in [-0.2, 0) is 0 Å². The third-order valence-electron chi connectivity index (χ3n) is 2.88. The van der Waals surface area contributed by atoms with E-state index in [0.29, 0.717) is 5.41 Å². The molecular weight excluding hydrogens is 151 g/mol. The van der Waals surface area contributed by atoms with Crippen molar-refractivity contribution < 1.29 is 0 Å². The third kappa shape index (κ3) is 1.29. The van der Waals surface area contributed by atoms with Crippen molar-refractivity contribution in [3.63, 3.8) is 0 Å². The zero-order valence-corrected chi connectivity index (χ0v) is 7.90. The van der Waals surface area contributed by atoms with E-state index in [9.17, 15) is 0 Å². The number of hydrogen-bond donors (Lipinski definition) is 0. The van der Waals surface area contributed by atoms with Crippen LogP contribution in [-0.4, -0.2) is 0 Å². The van der Waals surface area contributed by atoms with Gasteiger partial charge in [0.2, 0.25) is 0 Å². The topological polar surface area (TPSA) is 0 Å². The van der Waals surface area contributed by atoms with Gasteiger partial charge >= 0.3 is 0 Å². The van der Waals surface area contributed by atoms with Crippen LogP contribution in [0.2, 0.25) is 0 Å².